The average Bonchev–Trinajstić information content (AvgIpc) is 2.21. The van der Waals surface area contributed by atoms with Gasteiger partial charge in [0.25, 0.3) is 5.91 Å². The molecule has 7 heavy (non-hydrogen) atoms. The minimum absolute atomic E-state index is 0.243. The van der Waals surface area contributed by atoms with E-state index in [1.807, 2.05) is 13.8 Å². The predicted octanol–water partition coefficient (Wildman–Crippen LogP) is 0.217. The average molecular weight is 103 g/mol. The Kier molecular flexibility index (Phi) is 0.849. The Bertz CT molecular complexity index is 77.8. The summed E-state index contributed by atoms with van der Waals surface area (Å²) in [6, 6.07) is 0. The molecule has 3 nitrogen and oxygen atoms in total. The highest BCUT2D eigenvalue weighted by atomic mass is 17.4. The summed E-state index contributed by atoms with van der Waals surface area (Å²) in [6.07, 6.45) is 0. The van der Waals surface area contributed by atoms with Gasteiger partial charge in [0, 0.05) is 5.92 Å². The molecule has 1 saturated heterocycles. The van der Waals surface area contributed by atoms with E-state index in [-0.39, 0.29) is 5.92 Å². The van der Waals surface area contributed by atoms with Crippen molar-refractivity contribution in [3.63, 3.8) is 0 Å². The fourth-order valence-corrected chi connectivity index (χ4v) is 0.241. The van der Waals surface area contributed by atoms with Crippen molar-refractivity contribution in [2.24, 2.45) is 11.7 Å². The molecule has 0 atom stereocenters. The van der Waals surface area contributed by atoms with Crippen LogP contribution in [0.5, 0.6) is 0 Å². The molecule has 0 aliphatic carbocycles. The molecule has 0 bridgehead atoms. The van der Waals surface area contributed by atoms with Gasteiger partial charge in [0.05, 0.1) is 0 Å². The van der Waals surface area contributed by atoms with Crippen LogP contribution in [0.15, 0.2) is 0 Å². The molecule has 1 heterocycles. The van der Waals surface area contributed by atoms with Crippen LogP contribution in [-0.2, 0) is 9.78 Å². The fourth-order valence-electron chi connectivity index (χ4n) is 0.241. The number of hydrogen-bond donors (Lipinski definition) is 1. The molecule has 0 amide bonds. The molecule has 0 saturated carbocycles. The second-order valence-electron chi connectivity index (χ2n) is 2.04. The first kappa shape index (κ1) is 5.03. The molecule has 2 N–H and O–H groups in total. The number of nitrogens with two attached hydrogens (primary N) is 1. The van der Waals surface area contributed by atoms with Crippen molar-refractivity contribution in [2.45, 2.75) is 19.8 Å². The van der Waals surface area contributed by atoms with Gasteiger partial charge in [0.15, 0.2) is 0 Å². The van der Waals surface area contributed by atoms with E-state index < -0.39 is 5.91 Å². The minimum atomic E-state index is -0.750. The summed E-state index contributed by atoms with van der Waals surface area (Å²) in [7, 11) is 0. The third-order valence-electron chi connectivity index (χ3n) is 1.08. The minimum Gasteiger partial charge on any atom is -0.276 e. The lowest BCUT2D eigenvalue weighted by Crippen LogP contribution is -2.29. The summed E-state index contributed by atoms with van der Waals surface area (Å²) in [5, 5.41) is 0. The summed E-state index contributed by atoms with van der Waals surface area (Å²) >= 11 is 0. The summed E-state index contributed by atoms with van der Waals surface area (Å²) in [5.74, 6) is -0.507. The van der Waals surface area contributed by atoms with Gasteiger partial charge in [-0.2, -0.15) is 9.78 Å². The van der Waals surface area contributed by atoms with Crippen molar-refractivity contribution in [3.8, 4) is 0 Å². The summed E-state index contributed by atoms with van der Waals surface area (Å²) in [5.41, 5.74) is 5.34. The normalized spacial score (nSPS) is 25.7. The smallest absolute Gasteiger partial charge is 0.276 e. The molecular weight excluding hydrogens is 94.0 g/mol. The van der Waals surface area contributed by atoms with Gasteiger partial charge in [-0.3, -0.25) is 5.73 Å². The highest BCUT2D eigenvalue weighted by Gasteiger charge is 2.47. The molecular formula is C4H9NO2. The predicted molar refractivity (Wildman–Crippen MR) is 23.9 cm³/mol. The summed E-state index contributed by atoms with van der Waals surface area (Å²) in [4.78, 5) is 8.87. The van der Waals surface area contributed by atoms with Gasteiger partial charge in [-0.15, -0.1) is 0 Å². The second kappa shape index (κ2) is 1.18. The van der Waals surface area contributed by atoms with Crippen LogP contribution in [0.2, 0.25) is 0 Å². The lowest BCUT2D eigenvalue weighted by molar-refractivity contribution is 0.0850. The van der Waals surface area contributed by atoms with E-state index in [1.165, 1.54) is 0 Å². The Morgan fingerprint density at radius 1 is 1.43 bits per heavy atom. The maximum Gasteiger partial charge on any atom is 0.287 e. The van der Waals surface area contributed by atoms with Crippen molar-refractivity contribution in [1.29, 1.82) is 0 Å². The number of hydrogen-bond acceptors (Lipinski definition) is 3. The molecule has 1 fully saturated rings. The van der Waals surface area contributed by atoms with Gasteiger partial charge >= 0.3 is 0 Å². The molecule has 0 aromatic carbocycles. The maximum atomic E-state index is 5.34. The topological polar surface area (TPSA) is 51.1 Å². The zero-order valence-corrected chi connectivity index (χ0v) is 4.47. The van der Waals surface area contributed by atoms with Crippen LogP contribution in [0, 0.1) is 5.92 Å². The Labute approximate surface area is 42.3 Å². The van der Waals surface area contributed by atoms with Gasteiger partial charge in [-0.1, -0.05) is 13.8 Å². The van der Waals surface area contributed by atoms with E-state index in [4.69, 9.17) is 5.73 Å². The molecule has 0 unspecified atom stereocenters. The van der Waals surface area contributed by atoms with Crippen molar-refractivity contribution in [1.82, 2.24) is 0 Å². The molecule has 3 heteroatoms. The van der Waals surface area contributed by atoms with Crippen molar-refractivity contribution >= 4 is 0 Å². The zero-order chi connectivity index (χ0) is 5.49. The second-order valence-corrected chi connectivity index (χ2v) is 2.04. The molecule has 1 rings (SSSR count). The van der Waals surface area contributed by atoms with Crippen LogP contribution < -0.4 is 5.73 Å². The van der Waals surface area contributed by atoms with Crippen molar-refractivity contribution < 1.29 is 9.78 Å². The van der Waals surface area contributed by atoms with E-state index in [2.05, 4.69) is 9.78 Å². The Balaban J connectivity index is 2.39. The molecule has 0 aromatic rings. The maximum absolute atomic E-state index is 5.34. The SMILES string of the molecule is CC(C)C1(N)OO1. The van der Waals surface area contributed by atoms with Gasteiger partial charge < -0.3 is 0 Å². The first-order valence-corrected chi connectivity index (χ1v) is 2.31. The summed E-state index contributed by atoms with van der Waals surface area (Å²) < 4.78 is 0. The van der Waals surface area contributed by atoms with Crippen molar-refractivity contribution in [2.75, 3.05) is 0 Å². The van der Waals surface area contributed by atoms with Crippen LogP contribution in [0.4, 0.5) is 0 Å². The lowest BCUT2D eigenvalue weighted by Gasteiger charge is -2.00. The third kappa shape index (κ3) is 0.748. The van der Waals surface area contributed by atoms with Gasteiger partial charge in [-0.25, -0.2) is 0 Å². The number of rotatable bonds is 1. The highest BCUT2D eigenvalue weighted by Crippen LogP contribution is 2.30. The van der Waals surface area contributed by atoms with Crippen LogP contribution in [0.1, 0.15) is 13.8 Å². The largest absolute Gasteiger partial charge is 0.287 e. The van der Waals surface area contributed by atoms with E-state index in [0.717, 1.165) is 0 Å². The Morgan fingerprint density at radius 3 is 1.86 bits per heavy atom. The van der Waals surface area contributed by atoms with E-state index in [0.29, 0.717) is 0 Å². The van der Waals surface area contributed by atoms with Crippen molar-refractivity contribution in [3.05, 3.63) is 0 Å². The molecule has 1 aliphatic rings. The molecule has 42 valence electrons. The van der Waals surface area contributed by atoms with Crippen LogP contribution >= 0.6 is 0 Å². The molecule has 0 aromatic heterocycles. The highest BCUT2D eigenvalue weighted by molar-refractivity contribution is 4.68. The van der Waals surface area contributed by atoms with Gasteiger partial charge in [0.2, 0.25) is 0 Å². The lowest BCUT2D eigenvalue weighted by atomic mass is 10.2. The zero-order valence-electron chi connectivity index (χ0n) is 4.47. The monoisotopic (exact) mass is 103 g/mol. The Hall–Kier alpha value is -0.120. The van der Waals surface area contributed by atoms with E-state index >= 15 is 0 Å². The first-order valence-electron chi connectivity index (χ1n) is 2.31. The van der Waals surface area contributed by atoms with Gasteiger partial charge in [-0.05, 0) is 0 Å². The summed E-state index contributed by atoms with van der Waals surface area (Å²) in [6.45, 7) is 3.88. The molecule has 0 spiro atoms. The van der Waals surface area contributed by atoms with Gasteiger partial charge in [0.1, 0.15) is 0 Å². The third-order valence-corrected chi connectivity index (χ3v) is 1.08. The van der Waals surface area contributed by atoms with Crippen LogP contribution in [0.25, 0.3) is 0 Å². The fraction of sp³-hybridized carbons (Fsp3) is 1.00. The van der Waals surface area contributed by atoms with Crippen LogP contribution in [0.3, 0.4) is 0 Å². The standard InChI is InChI=1S/C4H9NO2/c1-3(2)4(5)6-7-4/h3H,5H2,1-2H3. The molecule has 0 radical (unpaired) electrons. The Morgan fingerprint density at radius 2 is 1.86 bits per heavy atom. The van der Waals surface area contributed by atoms with E-state index in [1.54, 1.807) is 0 Å². The van der Waals surface area contributed by atoms with E-state index in [9.17, 15) is 0 Å². The molecule has 1 aliphatic heterocycles. The first-order chi connectivity index (χ1) is 3.15. The quantitative estimate of drug-likeness (QED) is 0.381. The van der Waals surface area contributed by atoms with Crippen LogP contribution in [-0.4, -0.2) is 5.91 Å².